The maximum Gasteiger partial charge on any atom is 0.256 e. The molecule has 2 heteroatoms. The summed E-state index contributed by atoms with van der Waals surface area (Å²) in [5.74, 6) is 1.56. The minimum absolute atomic E-state index is 1.14. The van der Waals surface area contributed by atoms with Crippen molar-refractivity contribution in [2.24, 2.45) is 0 Å². The Labute approximate surface area is 205 Å². The molecule has 0 aliphatic heterocycles. The van der Waals surface area contributed by atoms with Gasteiger partial charge in [0.05, 0.1) is 13.1 Å². The molecule has 186 valence electrons. The van der Waals surface area contributed by atoms with Crippen LogP contribution in [0.1, 0.15) is 128 Å². The summed E-state index contributed by atoms with van der Waals surface area (Å²) in [5, 5.41) is 0. The van der Waals surface area contributed by atoms with Crippen LogP contribution in [0.2, 0.25) is 0 Å². The fraction of sp³-hybridized carbons (Fsp3) is 0.710. The van der Waals surface area contributed by atoms with E-state index in [4.69, 9.17) is 0 Å². The first-order chi connectivity index (χ1) is 16.3. The Balaban J connectivity index is 1.69. The number of nitrogens with zero attached hydrogens (tertiary/aromatic N) is 2. The molecule has 2 nitrogen and oxygen atoms in total. The highest BCUT2D eigenvalue weighted by Crippen LogP contribution is 2.13. The van der Waals surface area contributed by atoms with E-state index in [-0.39, 0.29) is 0 Å². The predicted octanol–water partition coefficient (Wildman–Crippen LogP) is 8.84. The summed E-state index contributed by atoms with van der Waals surface area (Å²) in [6, 6.07) is 10.9. The second kappa shape index (κ2) is 18.8. The Morgan fingerprint density at radius 2 is 1.18 bits per heavy atom. The normalized spacial score (nSPS) is 11.3. The molecule has 0 atom stereocenters. The van der Waals surface area contributed by atoms with Crippen LogP contribution in [0.3, 0.4) is 0 Å². The van der Waals surface area contributed by atoms with Gasteiger partial charge in [-0.25, -0.2) is 9.13 Å². The number of hydrogen-bond acceptors (Lipinski definition) is 0. The summed E-state index contributed by atoms with van der Waals surface area (Å²) < 4.78 is 5.12. The quantitative estimate of drug-likeness (QED) is 0.132. The molecule has 0 aliphatic rings. The zero-order valence-corrected chi connectivity index (χ0v) is 22.1. The van der Waals surface area contributed by atoms with Crippen LogP contribution >= 0.6 is 0 Å². The van der Waals surface area contributed by atoms with E-state index in [9.17, 15) is 0 Å². The second-order valence-electron chi connectivity index (χ2n) is 10.0. The fourth-order valence-electron chi connectivity index (χ4n) is 4.95. The molecular weight excluding hydrogens is 400 g/mol. The lowest BCUT2D eigenvalue weighted by atomic mass is 10.1. The summed E-state index contributed by atoms with van der Waals surface area (Å²) in [6.07, 6.45) is 29.3. The van der Waals surface area contributed by atoms with Crippen molar-refractivity contribution in [2.45, 2.75) is 143 Å². The summed E-state index contributed by atoms with van der Waals surface area (Å²) >= 11 is 0. The zero-order valence-electron chi connectivity index (χ0n) is 22.1. The first-order valence-electron chi connectivity index (χ1n) is 14.5. The standard InChI is InChI=1S/C31H53N2/c1-3-5-7-9-10-11-12-13-14-15-20-26-32-28-29-33(31(32)25-19-8-6-4-2)27-21-24-30-22-17-16-18-23-30/h16-18,22-23,28-29H,3-15,19-21,24-27H2,1-2H3/q+1. The largest absolute Gasteiger partial charge is 0.256 e. The number of unbranched alkanes of at least 4 members (excludes halogenated alkanes) is 13. The Morgan fingerprint density at radius 1 is 0.606 bits per heavy atom. The van der Waals surface area contributed by atoms with Gasteiger partial charge >= 0.3 is 0 Å². The lowest BCUT2D eigenvalue weighted by Gasteiger charge is -2.07. The number of imidazole rings is 1. The SMILES string of the molecule is CCCCCCCCCCCCCn1cc[n+](CCCc2ccccc2)c1CCCCCC. The van der Waals surface area contributed by atoms with E-state index in [0.717, 1.165) is 6.54 Å². The van der Waals surface area contributed by atoms with Crippen molar-refractivity contribution >= 4 is 0 Å². The van der Waals surface area contributed by atoms with Crippen molar-refractivity contribution in [3.05, 3.63) is 54.1 Å². The zero-order chi connectivity index (χ0) is 23.4. The molecule has 0 aliphatic carbocycles. The summed E-state index contributed by atoms with van der Waals surface area (Å²) in [4.78, 5) is 0. The van der Waals surface area contributed by atoms with Crippen molar-refractivity contribution in [3.8, 4) is 0 Å². The predicted molar refractivity (Wildman–Crippen MR) is 144 cm³/mol. The van der Waals surface area contributed by atoms with E-state index in [0.29, 0.717) is 0 Å². The van der Waals surface area contributed by atoms with E-state index in [1.807, 2.05) is 0 Å². The van der Waals surface area contributed by atoms with Crippen molar-refractivity contribution in [1.29, 1.82) is 0 Å². The number of aromatic nitrogens is 2. The Kier molecular flexibility index (Phi) is 15.8. The third-order valence-corrected chi connectivity index (χ3v) is 7.05. The van der Waals surface area contributed by atoms with Crippen LogP contribution in [0.5, 0.6) is 0 Å². The smallest absolute Gasteiger partial charge is 0.234 e. The number of aryl methyl sites for hydroxylation is 3. The highest BCUT2D eigenvalue weighted by atomic mass is 15.1. The third kappa shape index (κ3) is 12.5. The maximum atomic E-state index is 2.57. The van der Waals surface area contributed by atoms with Gasteiger partial charge in [-0.1, -0.05) is 121 Å². The average molecular weight is 454 g/mol. The summed E-state index contributed by atoms with van der Waals surface area (Å²) in [7, 11) is 0. The van der Waals surface area contributed by atoms with Gasteiger partial charge in [-0.3, -0.25) is 0 Å². The van der Waals surface area contributed by atoms with Crippen LogP contribution in [0.25, 0.3) is 0 Å². The van der Waals surface area contributed by atoms with Crippen LogP contribution in [0.4, 0.5) is 0 Å². The number of hydrogen-bond donors (Lipinski definition) is 0. The van der Waals surface area contributed by atoms with Gasteiger partial charge in [-0.15, -0.1) is 0 Å². The molecule has 1 heterocycles. The molecule has 0 bridgehead atoms. The van der Waals surface area contributed by atoms with E-state index < -0.39 is 0 Å². The minimum atomic E-state index is 1.14. The molecule has 0 spiro atoms. The minimum Gasteiger partial charge on any atom is -0.234 e. The van der Waals surface area contributed by atoms with Crippen LogP contribution in [-0.2, 0) is 25.9 Å². The summed E-state index contributed by atoms with van der Waals surface area (Å²) in [6.45, 7) is 6.95. The first kappa shape index (κ1) is 27.7. The molecule has 0 fully saturated rings. The van der Waals surface area contributed by atoms with Crippen LogP contribution in [0.15, 0.2) is 42.7 Å². The first-order valence-corrected chi connectivity index (χ1v) is 14.5. The molecular formula is C31H53N2+. The van der Waals surface area contributed by atoms with Crippen LogP contribution in [0, 0.1) is 0 Å². The Hall–Kier alpha value is -1.57. The van der Waals surface area contributed by atoms with E-state index in [1.54, 1.807) is 5.82 Å². The molecule has 33 heavy (non-hydrogen) atoms. The topological polar surface area (TPSA) is 8.81 Å². The van der Waals surface area contributed by atoms with Crippen molar-refractivity contribution in [3.63, 3.8) is 0 Å². The highest BCUT2D eigenvalue weighted by Gasteiger charge is 2.16. The van der Waals surface area contributed by atoms with Gasteiger partial charge in [0.1, 0.15) is 12.4 Å². The Bertz CT molecular complexity index is 688. The maximum absolute atomic E-state index is 2.57. The molecule has 0 amide bonds. The van der Waals surface area contributed by atoms with Crippen LogP contribution < -0.4 is 4.57 Å². The van der Waals surface area contributed by atoms with E-state index in [2.05, 4.69) is 65.7 Å². The van der Waals surface area contributed by atoms with Gasteiger partial charge in [0.15, 0.2) is 0 Å². The molecule has 0 radical (unpaired) electrons. The average Bonchev–Trinajstić information content (AvgIpc) is 3.22. The van der Waals surface area contributed by atoms with Gasteiger partial charge in [0.2, 0.25) is 0 Å². The van der Waals surface area contributed by atoms with Gasteiger partial charge < -0.3 is 0 Å². The summed E-state index contributed by atoms with van der Waals surface area (Å²) in [5.41, 5.74) is 1.46. The lowest BCUT2D eigenvalue weighted by molar-refractivity contribution is -0.704. The van der Waals surface area contributed by atoms with Crippen molar-refractivity contribution < 1.29 is 4.57 Å². The van der Waals surface area contributed by atoms with Crippen molar-refractivity contribution in [1.82, 2.24) is 4.57 Å². The second-order valence-corrected chi connectivity index (χ2v) is 10.0. The molecule has 2 aromatic rings. The van der Waals surface area contributed by atoms with E-state index in [1.165, 1.54) is 128 Å². The highest BCUT2D eigenvalue weighted by molar-refractivity contribution is 5.14. The number of rotatable bonds is 21. The van der Waals surface area contributed by atoms with Gasteiger partial charge in [0.25, 0.3) is 5.82 Å². The van der Waals surface area contributed by atoms with Gasteiger partial charge in [-0.2, -0.15) is 0 Å². The molecule has 1 aromatic carbocycles. The molecule has 0 saturated carbocycles. The fourth-order valence-corrected chi connectivity index (χ4v) is 4.95. The Morgan fingerprint density at radius 3 is 1.82 bits per heavy atom. The molecule has 2 rings (SSSR count). The third-order valence-electron chi connectivity index (χ3n) is 7.05. The molecule has 0 saturated heterocycles. The van der Waals surface area contributed by atoms with Crippen LogP contribution in [-0.4, -0.2) is 4.57 Å². The molecule has 1 aromatic heterocycles. The van der Waals surface area contributed by atoms with Gasteiger partial charge in [-0.05, 0) is 37.7 Å². The van der Waals surface area contributed by atoms with Crippen molar-refractivity contribution in [2.75, 3.05) is 0 Å². The van der Waals surface area contributed by atoms with Gasteiger partial charge in [0, 0.05) is 6.42 Å². The molecule has 0 unspecified atom stereocenters. The lowest BCUT2D eigenvalue weighted by Crippen LogP contribution is -2.37. The number of benzene rings is 1. The monoisotopic (exact) mass is 453 g/mol. The molecule has 0 N–H and O–H groups in total. The van der Waals surface area contributed by atoms with E-state index >= 15 is 0 Å².